The molecule has 0 bridgehead atoms. The van der Waals surface area contributed by atoms with Gasteiger partial charge in [0.25, 0.3) is 0 Å². The second-order valence-corrected chi connectivity index (χ2v) is 6.98. The normalized spacial score (nSPS) is 10.8. The Morgan fingerprint density at radius 2 is 1.72 bits per heavy atom. The Labute approximate surface area is 170 Å². The molecule has 0 unspecified atom stereocenters. The van der Waals surface area contributed by atoms with Gasteiger partial charge in [0, 0.05) is 43.8 Å². The smallest absolute Gasteiger partial charge is 0.223 e. The molecule has 5 heteroatoms. The van der Waals surface area contributed by atoms with Crippen molar-refractivity contribution >= 4 is 5.91 Å². The van der Waals surface area contributed by atoms with Gasteiger partial charge >= 0.3 is 0 Å². The first kappa shape index (κ1) is 18.7. The fourth-order valence-electron chi connectivity index (χ4n) is 3.30. The number of nitrogens with zero attached hydrogens (tertiary/aromatic N) is 3. The van der Waals surface area contributed by atoms with E-state index in [9.17, 15) is 4.79 Å². The SMILES string of the molecule is CN(Cc1cn(-c2ccccc2)nc1-c1ccccc1)C(=O)CCc1ccco1. The highest BCUT2D eigenvalue weighted by molar-refractivity contribution is 5.76. The summed E-state index contributed by atoms with van der Waals surface area (Å²) >= 11 is 0. The van der Waals surface area contributed by atoms with Crippen molar-refractivity contribution in [1.29, 1.82) is 0 Å². The minimum absolute atomic E-state index is 0.0767. The molecule has 2 aromatic carbocycles. The van der Waals surface area contributed by atoms with Gasteiger partial charge in [-0.2, -0.15) is 5.10 Å². The maximum atomic E-state index is 12.6. The molecule has 0 aliphatic carbocycles. The number of benzene rings is 2. The van der Waals surface area contributed by atoms with Gasteiger partial charge in [0.1, 0.15) is 5.76 Å². The van der Waals surface area contributed by atoms with Gasteiger partial charge in [0.2, 0.25) is 5.91 Å². The van der Waals surface area contributed by atoms with Crippen molar-refractivity contribution in [2.75, 3.05) is 7.05 Å². The van der Waals surface area contributed by atoms with E-state index in [1.165, 1.54) is 0 Å². The average molecular weight is 385 g/mol. The Morgan fingerprint density at radius 1 is 1.00 bits per heavy atom. The van der Waals surface area contributed by atoms with Crippen molar-refractivity contribution in [2.24, 2.45) is 0 Å². The fourth-order valence-corrected chi connectivity index (χ4v) is 3.30. The summed E-state index contributed by atoms with van der Waals surface area (Å²) in [5, 5.41) is 4.81. The lowest BCUT2D eigenvalue weighted by molar-refractivity contribution is -0.130. The van der Waals surface area contributed by atoms with E-state index in [1.54, 1.807) is 11.2 Å². The van der Waals surface area contributed by atoms with Crippen molar-refractivity contribution < 1.29 is 9.21 Å². The van der Waals surface area contributed by atoms with E-state index in [0.29, 0.717) is 19.4 Å². The number of aromatic nitrogens is 2. The number of hydrogen-bond donors (Lipinski definition) is 0. The van der Waals surface area contributed by atoms with Crippen LogP contribution in [0.4, 0.5) is 0 Å². The molecule has 0 aliphatic heterocycles. The molecule has 1 amide bonds. The van der Waals surface area contributed by atoms with Gasteiger partial charge in [-0.25, -0.2) is 4.68 Å². The maximum absolute atomic E-state index is 12.6. The van der Waals surface area contributed by atoms with Crippen LogP contribution in [0.3, 0.4) is 0 Å². The number of rotatable bonds is 7. The molecule has 0 N–H and O–H groups in total. The van der Waals surface area contributed by atoms with Crippen molar-refractivity contribution in [3.63, 3.8) is 0 Å². The number of carbonyl (C=O) groups is 1. The molecule has 0 atom stereocenters. The number of hydrogen-bond acceptors (Lipinski definition) is 3. The van der Waals surface area contributed by atoms with Crippen LogP contribution in [0.15, 0.2) is 89.7 Å². The molecule has 0 saturated heterocycles. The van der Waals surface area contributed by atoms with E-state index in [4.69, 9.17) is 9.52 Å². The van der Waals surface area contributed by atoms with Gasteiger partial charge in [0.05, 0.1) is 17.6 Å². The molecule has 2 aromatic heterocycles. The molecule has 0 fully saturated rings. The predicted octanol–water partition coefficient (Wildman–Crippen LogP) is 4.72. The summed E-state index contributed by atoms with van der Waals surface area (Å²) in [6, 6.07) is 23.8. The Hall–Kier alpha value is -3.60. The van der Waals surface area contributed by atoms with E-state index in [2.05, 4.69) is 0 Å². The number of aryl methyl sites for hydroxylation is 1. The van der Waals surface area contributed by atoms with Gasteiger partial charge in [-0.15, -0.1) is 0 Å². The van der Waals surface area contributed by atoms with Crippen LogP contribution in [0.25, 0.3) is 16.9 Å². The van der Waals surface area contributed by atoms with Crippen molar-refractivity contribution in [3.05, 3.63) is 96.6 Å². The molecule has 0 aliphatic rings. The van der Waals surface area contributed by atoms with Crippen LogP contribution in [-0.4, -0.2) is 27.6 Å². The lowest BCUT2D eigenvalue weighted by Gasteiger charge is -2.17. The highest BCUT2D eigenvalue weighted by Crippen LogP contribution is 2.25. The van der Waals surface area contributed by atoms with E-state index >= 15 is 0 Å². The van der Waals surface area contributed by atoms with Gasteiger partial charge in [-0.3, -0.25) is 4.79 Å². The standard InChI is InChI=1S/C24H23N3O2/c1-26(23(28)15-14-22-13-8-16-29-22)17-20-18-27(21-11-6-3-7-12-21)25-24(20)19-9-4-2-5-10-19/h2-13,16,18H,14-15,17H2,1H3. The molecule has 146 valence electrons. The van der Waals surface area contributed by atoms with E-state index in [1.807, 2.05) is 90.7 Å². The third-order valence-corrected chi connectivity index (χ3v) is 4.86. The van der Waals surface area contributed by atoms with Crippen LogP contribution in [0.2, 0.25) is 0 Å². The predicted molar refractivity (Wildman–Crippen MR) is 113 cm³/mol. The van der Waals surface area contributed by atoms with Crippen LogP contribution < -0.4 is 0 Å². The van der Waals surface area contributed by atoms with E-state index in [-0.39, 0.29) is 5.91 Å². The minimum atomic E-state index is 0.0767. The van der Waals surface area contributed by atoms with E-state index in [0.717, 1.165) is 28.3 Å². The summed E-state index contributed by atoms with van der Waals surface area (Å²) in [5.41, 5.74) is 3.92. The molecule has 4 rings (SSSR count). The molecular weight excluding hydrogens is 362 g/mol. The molecule has 5 nitrogen and oxygen atoms in total. The van der Waals surface area contributed by atoms with Gasteiger partial charge < -0.3 is 9.32 Å². The van der Waals surface area contributed by atoms with Crippen molar-refractivity contribution in [3.8, 4) is 16.9 Å². The third kappa shape index (κ3) is 4.46. The molecule has 0 saturated carbocycles. The monoisotopic (exact) mass is 385 g/mol. The summed E-state index contributed by atoms with van der Waals surface area (Å²) < 4.78 is 7.20. The van der Waals surface area contributed by atoms with Crippen LogP contribution in [0, 0.1) is 0 Å². The lowest BCUT2D eigenvalue weighted by atomic mass is 10.1. The second-order valence-electron chi connectivity index (χ2n) is 6.98. The zero-order valence-corrected chi connectivity index (χ0v) is 16.4. The van der Waals surface area contributed by atoms with Gasteiger partial charge in [-0.05, 0) is 24.3 Å². The number of para-hydroxylation sites is 1. The van der Waals surface area contributed by atoms with Crippen LogP contribution in [0.1, 0.15) is 17.7 Å². The summed E-state index contributed by atoms with van der Waals surface area (Å²) in [6.45, 7) is 0.494. The topological polar surface area (TPSA) is 51.3 Å². The number of carbonyl (C=O) groups excluding carboxylic acids is 1. The summed E-state index contributed by atoms with van der Waals surface area (Å²) in [6.07, 6.45) is 4.66. The first-order chi connectivity index (χ1) is 14.2. The molecule has 4 aromatic rings. The van der Waals surface area contributed by atoms with Crippen LogP contribution in [-0.2, 0) is 17.8 Å². The molecule has 0 spiro atoms. The first-order valence-corrected chi connectivity index (χ1v) is 9.66. The third-order valence-electron chi connectivity index (χ3n) is 4.86. The molecule has 0 radical (unpaired) electrons. The summed E-state index contributed by atoms with van der Waals surface area (Å²) in [4.78, 5) is 14.4. The van der Waals surface area contributed by atoms with Crippen LogP contribution >= 0.6 is 0 Å². The summed E-state index contributed by atoms with van der Waals surface area (Å²) in [7, 11) is 1.83. The Morgan fingerprint density at radius 3 is 2.41 bits per heavy atom. The summed E-state index contributed by atoms with van der Waals surface area (Å²) in [5.74, 6) is 0.904. The quantitative estimate of drug-likeness (QED) is 0.462. The molecule has 2 heterocycles. The average Bonchev–Trinajstić information content (AvgIpc) is 3.43. The van der Waals surface area contributed by atoms with E-state index < -0.39 is 0 Å². The molecule has 29 heavy (non-hydrogen) atoms. The van der Waals surface area contributed by atoms with Crippen molar-refractivity contribution in [1.82, 2.24) is 14.7 Å². The Bertz CT molecular complexity index is 1050. The zero-order chi connectivity index (χ0) is 20.1. The molecular formula is C24H23N3O2. The zero-order valence-electron chi connectivity index (χ0n) is 16.4. The maximum Gasteiger partial charge on any atom is 0.223 e. The highest BCUT2D eigenvalue weighted by atomic mass is 16.3. The Balaban J connectivity index is 1.56. The number of amides is 1. The fraction of sp³-hybridized carbons (Fsp3) is 0.167. The lowest BCUT2D eigenvalue weighted by Crippen LogP contribution is -2.26. The van der Waals surface area contributed by atoms with Crippen molar-refractivity contribution in [2.45, 2.75) is 19.4 Å². The largest absolute Gasteiger partial charge is 0.469 e. The highest BCUT2D eigenvalue weighted by Gasteiger charge is 2.17. The first-order valence-electron chi connectivity index (χ1n) is 9.66. The van der Waals surface area contributed by atoms with Crippen LogP contribution in [0.5, 0.6) is 0 Å². The number of furan rings is 1. The van der Waals surface area contributed by atoms with Gasteiger partial charge in [-0.1, -0.05) is 48.5 Å². The minimum Gasteiger partial charge on any atom is -0.469 e. The second kappa shape index (κ2) is 8.61. The van der Waals surface area contributed by atoms with Gasteiger partial charge in [0.15, 0.2) is 0 Å². The Kier molecular flexibility index (Phi) is 5.56.